The van der Waals surface area contributed by atoms with Gasteiger partial charge in [-0.1, -0.05) is 22.9 Å². The maximum absolute atomic E-state index is 11.4. The first-order chi connectivity index (χ1) is 8.45. The second kappa shape index (κ2) is 6.75. The molecule has 0 fully saturated rings. The maximum Gasteiger partial charge on any atom is 0.411 e. The van der Waals surface area contributed by atoms with Crippen molar-refractivity contribution in [2.45, 2.75) is 13.3 Å². The molecule has 0 radical (unpaired) electrons. The summed E-state index contributed by atoms with van der Waals surface area (Å²) in [4.78, 5) is 22.5. The lowest BCUT2D eigenvalue weighted by Gasteiger charge is -2.11. The number of carboxylic acids is 1. The number of carbonyl (C=O) groups is 2. The van der Waals surface area contributed by atoms with Crippen molar-refractivity contribution in [1.29, 1.82) is 0 Å². The topological polar surface area (TPSA) is 75.6 Å². The van der Waals surface area contributed by atoms with Gasteiger partial charge >= 0.3 is 12.1 Å². The van der Waals surface area contributed by atoms with E-state index in [0.29, 0.717) is 15.4 Å². The zero-order valence-electron chi connectivity index (χ0n) is 9.50. The highest BCUT2D eigenvalue weighted by atomic mass is 79.9. The minimum absolute atomic E-state index is 0.0234. The van der Waals surface area contributed by atoms with E-state index >= 15 is 0 Å². The summed E-state index contributed by atoms with van der Waals surface area (Å²) in [5, 5.41) is 11.5. The SMILES string of the molecule is CCCOC(=O)Nc1c(Br)cc(Br)cc1C(=O)O. The van der Waals surface area contributed by atoms with Crippen LogP contribution in [-0.4, -0.2) is 23.8 Å². The molecule has 98 valence electrons. The predicted molar refractivity (Wildman–Crippen MR) is 74.1 cm³/mol. The van der Waals surface area contributed by atoms with Gasteiger partial charge in [0.2, 0.25) is 0 Å². The van der Waals surface area contributed by atoms with E-state index < -0.39 is 12.1 Å². The van der Waals surface area contributed by atoms with Crippen molar-refractivity contribution >= 4 is 49.6 Å². The molecular formula is C11H11Br2NO4. The number of halogens is 2. The third kappa shape index (κ3) is 3.99. The molecule has 1 amide bonds. The van der Waals surface area contributed by atoms with E-state index in [1.807, 2.05) is 6.92 Å². The van der Waals surface area contributed by atoms with Crippen LogP contribution < -0.4 is 5.32 Å². The van der Waals surface area contributed by atoms with Crippen molar-refractivity contribution in [3.63, 3.8) is 0 Å². The molecule has 0 saturated carbocycles. The van der Waals surface area contributed by atoms with Crippen LogP contribution in [0.3, 0.4) is 0 Å². The fourth-order valence-electron chi connectivity index (χ4n) is 1.20. The Hall–Kier alpha value is -1.08. The highest BCUT2D eigenvalue weighted by Gasteiger charge is 2.17. The molecule has 1 aromatic rings. The molecule has 18 heavy (non-hydrogen) atoms. The van der Waals surface area contributed by atoms with Crippen LogP contribution in [0.15, 0.2) is 21.1 Å². The van der Waals surface area contributed by atoms with Gasteiger partial charge < -0.3 is 9.84 Å². The van der Waals surface area contributed by atoms with Crippen molar-refractivity contribution in [2.24, 2.45) is 0 Å². The number of rotatable bonds is 4. The van der Waals surface area contributed by atoms with Crippen molar-refractivity contribution in [3.05, 3.63) is 26.6 Å². The molecule has 0 aliphatic heterocycles. The number of carbonyl (C=O) groups excluding carboxylic acids is 1. The van der Waals surface area contributed by atoms with Crippen LogP contribution in [-0.2, 0) is 4.74 Å². The summed E-state index contributed by atoms with van der Waals surface area (Å²) in [7, 11) is 0. The quantitative estimate of drug-likeness (QED) is 0.831. The van der Waals surface area contributed by atoms with Gasteiger partial charge in [0.25, 0.3) is 0 Å². The first kappa shape index (κ1) is 15.0. The lowest BCUT2D eigenvalue weighted by atomic mass is 10.2. The van der Waals surface area contributed by atoms with Gasteiger partial charge in [0.15, 0.2) is 0 Å². The lowest BCUT2D eigenvalue weighted by molar-refractivity contribution is 0.0698. The number of aromatic carboxylic acids is 1. The van der Waals surface area contributed by atoms with E-state index in [-0.39, 0.29) is 17.9 Å². The Bertz CT molecular complexity index is 476. The fourth-order valence-corrected chi connectivity index (χ4v) is 2.53. The van der Waals surface area contributed by atoms with Crippen LogP contribution >= 0.6 is 31.9 Å². The summed E-state index contributed by atoms with van der Waals surface area (Å²) in [6.45, 7) is 2.15. The Morgan fingerprint density at radius 1 is 1.39 bits per heavy atom. The average Bonchev–Trinajstić information content (AvgIpc) is 2.29. The van der Waals surface area contributed by atoms with E-state index in [2.05, 4.69) is 37.2 Å². The Kier molecular flexibility index (Phi) is 5.61. The largest absolute Gasteiger partial charge is 0.478 e. The van der Waals surface area contributed by atoms with E-state index in [4.69, 9.17) is 9.84 Å². The molecule has 0 aromatic heterocycles. The molecule has 1 rings (SSSR count). The number of carboxylic acid groups (broad SMARTS) is 1. The molecule has 7 heteroatoms. The van der Waals surface area contributed by atoms with Crippen LogP contribution in [0.25, 0.3) is 0 Å². The van der Waals surface area contributed by atoms with E-state index in [1.54, 1.807) is 6.07 Å². The summed E-state index contributed by atoms with van der Waals surface area (Å²) in [5.41, 5.74) is 0.150. The van der Waals surface area contributed by atoms with Crippen LogP contribution in [0.5, 0.6) is 0 Å². The third-order valence-corrected chi connectivity index (χ3v) is 3.03. The van der Waals surface area contributed by atoms with Gasteiger partial charge in [-0.15, -0.1) is 0 Å². The van der Waals surface area contributed by atoms with Gasteiger partial charge in [-0.25, -0.2) is 9.59 Å². The Morgan fingerprint density at radius 3 is 2.61 bits per heavy atom. The Labute approximate surface area is 121 Å². The molecule has 0 spiro atoms. The lowest BCUT2D eigenvalue weighted by Crippen LogP contribution is -2.17. The number of hydrogen-bond acceptors (Lipinski definition) is 3. The van der Waals surface area contributed by atoms with Crippen molar-refractivity contribution in [3.8, 4) is 0 Å². The summed E-state index contributed by atoms with van der Waals surface area (Å²) in [6.07, 6.45) is 0.0168. The summed E-state index contributed by atoms with van der Waals surface area (Å²) < 4.78 is 5.90. The van der Waals surface area contributed by atoms with Gasteiger partial charge in [0.1, 0.15) is 0 Å². The van der Waals surface area contributed by atoms with Gasteiger partial charge in [-0.05, 0) is 34.5 Å². The fraction of sp³-hybridized carbons (Fsp3) is 0.273. The second-order valence-corrected chi connectivity index (χ2v) is 5.15. The molecule has 5 nitrogen and oxygen atoms in total. The van der Waals surface area contributed by atoms with Gasteiger partial charge in [0, 0.05) is 8.95 Å². The number of amides is 1. The van der Waals surface area contributed by atoms with Crippen molar-refractivity contribution in [2.75, 3.05) is 11.9 Å². The van der Waals surface area contributed by atoms with E-state index in [0.717, 1.165) is 0 Å². The average molecular weight is 381 g/mol. The minimum Gasteiger partial charge on any atom is -0.478 e. The summed E-state index contributed by atoms with van der Waals surface area (Å²) in [5.74, 6) is -1.14. The zero-order chi connectivity index (χ0) is 13.7. The standard InChI is InChI=1S/C11H11Br2NO4/c1-2-3-18-11(17)14-9-7(10(15)16)4-6(12)5-8(9)13/h4-5H,2-3H2,1H3,(H,14,17)(H,15,16). The maximum atomic E-state index is 11.4. The number of anilines is 1. The molecule has 2 N–H and O–H groups in total. The van der Waals surface area contributed by atoms with Gasteiger partial charge in [0.05, 0.1) is 17.9 Å². The second-order valence-electron chi connectivity index (χ2n) is 3.38. The molecule has 0 unspecified atom stereocenters. The van der Waals surface area contributed by atoms with E-state index in [9.17, 15) is 9.59 Å². The monoisotopic (exact) mass is 379 g/mol. The molecule has 0 heterocycles. The predicted octanol–water partition coefficient (Wildman–Crippen LogP) is 3.87. The Balaban J connectivity index is 3.00. The molecule has 0 saturated heterocycles. The Morgan fingerprint density at radius 2 is 2.06 bits per heavy atom. The molecule has 0 bridgehead atoms. The first-order valence-electron chi connectivity index (χ1n) is 5.11. The normalized spacial score (nSPS) is 9.94. The van der Waals surface area contributed by atoms with Crippen LogP contribution in [0.2, 0.25) is 0 Å². The number of nitrogens with one attached hydrogen (secondary N) is 1. The number of ether oxygens (including phenoxy) is 1. The molecule has 0 aliphatic carbocycles. The van der Waals surface area contributed by atoms with Crippen molar-refractivity contribution < 1.29 is 19.4 Å². The van der Waals surface area contributed by atoms with Gasteiger partial charge in [-0.3, -0.25) is 5.32 Å². The molecule has 0 aliphatic rings. The molecule has 0 atom stereocenters. The zero-order valence-corrected chi connectivity index (χ0v) is 12.7. The highest BCUT2D eigenvalue weighted by Crippen LogP contribution is 2.31. The number of benzene rings is 1. The van der Waals surface area contributed by atoms with Crippen LogP contribution in [0.4, 0.5) is 10.5 Å². The molecular weight excluding hydrogens is 370 g/mol. The smallest absolute Gasteiger partial charge is 0.411 e. The van der Waals surface area contributed by atoms with Crippen LogP contribution in [0.1, 0.15) is 23.7 Å². The first-order valence-corrected chi connectivity index (χ1v) is 6.70. The highest BCUT2D eigenvalue weighted by molar-refractivity contribution is 9.11. The van der Waals surface area contributed by atoms with Crippen LogP contribution in [0, 0.1) is 0 Å². The van der Waals surface area contributed by atoms with Crippen molar-refractivity contribution in [1.82, 2.24) is 0 Å². The van der Waals surface area contributed by atoms with Gasteiger partial charge in [-0.2, -0.15) is 0 Å². The number of hydrogen-bond donors (Lipinski definition) is 2. The summed E-state index contributed by atoms with van der Waals surface area (Å²) >= 11 is 6.39. The van der Waals surface area contributed by atoms with E-state index in [1.165, 1.54) is 6.07 Å². The molecule has 1 aromatic carbocycles. The third-order valence-electron chi connectivity index (χ3n) is 1.95. The minimum atomic E-state index is -1.14. The summed E-state index contributed by atoms with van der Waals surface area (Å²) in [6, 6.07) is 3.05.